The zero-order chi connectivity index (χ0) is 19.3. The van der Waals surface area contributed by atoms with Gasteiger partial charge in [-0.25, -0.2) is 4.98 Å². The van der Waals surface area contributed by atoms with Crippen molar-refractivity contribution in [2.75, 3.05) is 11.9 Å². The predicted molar refractivity (Wildman–Crippen MR) is 110 cm³/mol. The SMILES string of the molecule is O=C(CC1CCCCC1)NCC(=O)Nc1nc(-c2cc3ccccc3o2)cs1. The Balaban J connectivity index is 1.28. The molecular weight excluding hydrogens is 374 g/mol. The number of hydrogen-bond acceptors (Lipinski definition) is 5. The Bertz CT molecular complexity index is 939. The number of thiazole rings is 1. The maximum atomic E-state index is 12.1. The molecule has 0 spiro atoms. The van der Waals surface area contributed by atoms with Crippen LogP contribution in [0.2, 0.25) is 0 Å². The third kappa shape index (κ3) is 4.59. The number of furan rings is 1. The molecule has 7 heteroatoms. The molecule has 4 rings (SSSR count). The lowest BCUT2D eigenvalue weighted by molar-refractivity contribution is -0.125. The van der Waals surface area contributed by atoms with Gasteiger partial charge in [-0.15, -0.1) is 11.3 Å². The van der Waals surface area contributed by atoms with E-state index in [-0.39, 0.29) is 18.4 Å². The van der Waals surface area contributed by atoms with Crippen molar-refractivity contribution < 1.29 is 14.0 Å². The van der Waals surface area contributed by atoms with Gasteiger partial charge in [-0.2, -0.15) is 0 Å². The van der Waals surface area contributed by atoms with E-state index in [2.05, 4.69) is 15.6 Å². The van der Waals surface area contributed by atoms with Crippen LogP contribution in [-0.2, 0) is 9.59 Å². The highest BCUT2D eigenvalue weighted by Gasteiger charge is 2.18. The topological polar surface area (TPSA) is 84.2 Å². The van der Waals surface area contributed by atoms with Crippen LogP contribution in [0.3, 0.4) is 0 Å². The number of carbonyl (C=O) groups excluding carboxylic acids is 2. The first-order valence-electron chi connectivity index (χ1n) is 9.68. The molecule has 1 aliphatic rings. The monoisotopic (exact) mass is 397 g/mol. The quantitative estimate of drug-likeness (QED) is 0.638. The van der Waals surface area contributed by atoms with Gasteiger partial charge in [-0.1, -0.05) is 37.5 Å². The maximum absolute atomic E-state index is 12.1. The minimum atomic E-state index is -0.275. The lowest BCUT2D eigenvalue weighted by Crippen LogP contribution is -2.34. The average molecular weight is 398 g/mol. The fraction of sp³-hybridized carbons (Fsp3) is 0.381. The standard InChI is InChI=1S/C21H23N3O3S/c25-19(10-14-6-2-1-3-7-14)22-12-20(26)24-21-23-16(13-28-21)18-11-15-8-4-5-9-17(15)27-18/h4-5,8-9,11,13-14H,1-3,6-7,10,12H2,(H,22,25)(H,23,24,26). The first-order valence-corrected chi connectivity index (χ1v) is 10.6. The van der Waals surface area contributed by atoms with Crippen molar-refractivity contribution in [1.82, 2.24) is 10.3 Å². The van der Waals surface area contributed by atoms with Crippen molar-refractivity contribution in [2.45, 2.75) is 38.5 Å². The van der Waals surface area contributed by atoms with Crippen LogP contribution < -0.4 is 10.6 Å². The Morgan fingerprint density at radius 2 is 1.96 bits per heavy atom. The fourth-order valence-corrected chi connectivity index (χ4v) is 4.34. The summed E-state index contributed by atoms with van der Waals surface area (Å²) in [5.74, 6) is 0.799. The van der Waals surface area contributed by atoms with Crippen LogP contribution >= 0.6 is 11.3 Å². The first-order chi connectivity index (χ1) is 13.7. The number of hydrogen-bond donors (Lipinski definition) is 2. The lowest BCUT2D eigenvalue weighted by Gasteiger charge is -2.20. The van der Waals surface area contributed by atoms with Crippen molar-refractivity contribution in [3.8, 4) is 11.5 Å². The number of anilines is 1. The molecule has 0 atom stereocenters. The minimum Gasteiger partial charge on any atom is -0.454 e. The molecular formula is C21H23N3O3S. The average Bonchev–Trinajstić information content (AvgIpc) is 3.34. The number of nitrogens with one attached hydrogen (secondary N) is 2. The zero-order valence-electron chi connectivity index (χ0n) is 15.6. The molecule has 0 unspecified atom stereocenters. The van der Waals surface area contributed by atoms with Gasteiger partial charge in [0, 0.05) is 17.2 Å². The number of amides is 2. The molecule has 2 aromatic heterocycles. The third-order valence-electron chi connectivity index (χ3n) is 5.07. The first kappa shape index (κ1) is 18.7. The summed E-state index contributed by atoms with van der Waals surface area (Å²) in [7, 11) is 0. The third-order valence-corrected chi connectivity index (χ3v) is 5.83. The number of carbonyl (C=O) groups is 2. The summed E-state index contributed by atoms with van der Waals surface area (Å²) in [6.07, 6.45) is 6.42. The van der Waals surface area contributed by atoms with E-state index in [9.17, 15) is 9.59 Å². The molecule has 1 fully saturated rings. The van der Waals surface area contributed by atoms with Crippen LogP contribution in [0, 0.1) is 5.92 Å². The van der Waals surface area contributed by atoms with Gasteiger partial charge in [0.2, 0.25) is 11.8 Å². The van der Waals surface area contributed by atoms with Crippen LogP contribution in [-0.4, -0.2) is 23.3 Å². The molecule has 28 heavy (non-hydrogen) atoms. The Kier molecular flexibility index (Phi) is 5.71. The summed E-state index contributed by atoms with van der Waals surface area (Å²) >= 11 is 1.33. The number of nitrogens with zero attached hydrogens (tertiary/aromatic N) is 1. The summed E-state index contributed by atoms with van der Waals surface area (Å²) in [6, 6.07) is 9.69. The molecule has 1 saturated carbocycles. The fourth-order valence-electron chi connectivity index (χ4n) is 3.62. The number of benzene rings is 1. The molecule has 0 bridgehead atoms. The molecule has 3 aromatic rings. The second kappa shape index (κ2) is 8.56. The van der Waals surface area contributed by atoms with Crippen LogP contribution in [0.25, 0.3) is 22.4 Å². The summed E-state index contributed by atoms with van der Waals surface area (Å²) < 4.78 is 5.80. The van der Waals surface area contributed by atoms with Gasteiger partial charge in [0.1, 0.15) is 11.3 Å². The highest BCUT2D eigenvalue weighted by atomic mass is 32.1. The molecule has 2 amide bonds. The lowest BCUT2D eigenvalue weighted by atomic mass is 9.87. The predicted octanol–water partition coefficient (Wildman–Crippen LogP) is 4.58. The highest BCUT2D eigenvalue weighted by Crippen LogP contribution is 2.30. The summed E-state index contributed by atoms with van der Waals surface area (Å²) in [5.41, 5.74) is 1.48. The van der Waals surface area contributed by atoms with Gasteiger partial charge in [-0.05, 0) is 30.9 Å². The van der Waals surface area contributed by atoms with Gasteiger partial charge in [-0.3, -0.25) is 9.59 Å². The van der Waals surface area contributed by atoms with Crippen molar-refractivity contribution in [2.24, 2.45) is 5.92 Å². The van der Waals surface area contributed by atoms with E-state index >= 15 is 0 Å². The van der Waals surface area contributed by atoms with Crippen LogP contribution in [0.5, 0.6) is 0 Å². The maximum Gasteiger partial charge on any atom is 0.245 e. The largest absolute Gasteiger partial charge is 0.454 e. The summed E-state index contributed by atoms with van der Waals surface area (Å²) in [5, 5.41) is 8.79. The Morgan fingerprint density at radius 3 is 2.79 bits per heavy atom. The summed E-state index contributed by atoms with van der Waals surface area (Å²) in [6.45, 7) is -0.0366. The van der Waals surface area contributed by atoms with Crippen LogP contribution in [0.1, 0.15) is 38.5 Å². The van der Waals surface area contributed by atoms with E-state index in [0.29, 0.717) is 28.9 Å². The minimum absolute atomic E-state index is 0.0366. The number of rotatable bonds is 6. The van der Waals surface area contributed by atoms with Gasteiger partial charge in [0.25, 0.3) is 0 Å². The Morgan fingerprint density at radius 1 is 1.14 bits per heavy atom. The summed E-state index contributed by atoms with van der Waals surface area (Å²) in [4.78, 5) is 28.6. The number of aromatic nitrogens is 1. The van der Waals surface area contributed by atoms with E-state index in [1.54, 1.807) is 0 Å². The molecule has 146 valence electrons. The highest BCUT2D eigenvalue weighted by molar-refractivity contribution is 7.14. The van der Waals surface area contributed by atoms with Gasteiger partial charge < -0.3 is 15.1 Å². The van der Waals surface area contributed by atoms with E-state index in [0.717, 1.165) is 23.8 Å². The van der Waals surface area contributed by atoms with Crippen molar-refractivity contribution in [3.05, 3.63) is 35.7 Å². The molecule has 2 heterocycles. The number of fused-ring (bicyclic) bond motifs is 1. The second-order valence-electron chi connectivity index (χ2n) is 7.22. The normalized spacial score (nSPS) is 14.9. The van der Waals surface area contributed by atoms with Crippen LogP contribution in [0.4, 0.5) is 5.13 Å². The molecule has 2 N–H and O–H groups in total. The van der Waals surface area contributed by atoms with E-state index in [4.69, 9.17) is 4.42 Å². The molecule has 0 aliphatic heterocycles. The van der Waals surface area contributed by atoms with Gasteiger partial charge in [0.05, 0.1) is 6.54 Å². The molecule has 1 aliphatic carbocycles. The van der Waals surface area contributed by atoms with E-state index in [1.165, 1.54) is 30.6 Å². The molecule has 1 aromatic carbocycles. The Labute approximate surface area is 167 Å². The van der Waals surface area contributed by atoms with Gasteiger partial charge in [0.15, 0.2) is 10.9 Å². The zero-order valence-corrected chi connectivity index (χ0v) is 16.4. The van der Waals surface area contributed by atoms with E-state index in [1.807, 2.05) is 35.7 Å². The van der Waals surface area contributed by atoms with Crippen molar-refractivity contribution in [3.63, 3.8) is 0 Å². The molecule has 0 radical (unpaired) electrons. The van der Waals surface area contributed by atoms with E-state index < -0.39 is 0 Å². The van der Waals surface area contributed by atoms with Crippen LogP contribution in [0.15, 0.2) is 40.1 Å². The Hall–Kier alpha value is -2.67. The smallest absolute Gasteiger partial charge is 0.245 e. The molecule has 0 saturated heterocycles. The van der Waals surface area contributed by atoms with Crippen molar-refractivity contribution >= 4 is 39.3 Å². The second-order valence-corrected chi connectivity index (χ2v) is 8.08. The molecule has 6 nitrogen and oxygen atoms in total. The van der Waals surface area contributed by atoms with Gasteiger partial charge >= 0.3 is 0 Å². The van der Waals surface area contributed by atoms with Crippen molar-refractivity contribution in [1.29, 1.82) is 0 Å². The number of para-hydroxylation sites is 1.